The highest BCUT2D eigenvalue weighted by Gasteiger charge is 2.42. The minimum Gasteiger partial charge on any atom is -0.506 e. The van der Waals surface area contributed by atoms with Gasteiger partial charge in [-0.25, -0.2) is 4.79 Å². The fourth-order valence-corrected chi connectivity index (χ4v) is 9.73. The van der Waals surface area contributed by atoms with Crippen molar-refractivity contribution in [1.29, 1.82) is 0 Å². The average molecular weight is 975 g/mol. The maximum Gasteiger partial charge on any atom is 0.315 e. The number of phenolic OH excluding ortho intramolecular Hbond substituents is 1. The van der Waals surface area contributed by atoms with Crippen molar-refractivity contribution in [1.82, 2.24) is 26.6 Å². The van der Waals surface area contributed by atoms with E-state index in [2.05, 4.69) is 49.3 Å². The van der Waals surface area contributed by atoms with Crippen molar-refractivity contribution >= 4 is 58.5 Å². The number of urea groups is 1. The third-order valence-corrected chi connectivity index (χ3v) is 13.5. The summed E-state index contributed by atoms with van der Waals surface area (Å²) in [4.78, 5) is 64.4. The van der Waals surface area contributed by atoms with Gasteiger partial charge in [0.15, 0.2) is 0 Å². The molecular weight excluding hydrogens is 913 g/mol. The zero-order valence-electron chi connectivity index (χ0n) is 39.2. The molecule has 3 aliphatic heterocycles. The van der Waals surface area contributed by atoms with Crippen LogP contribution in [-0.4, -0.2) is 117 Å². The minimum absolute atomic E-state index is 0.0137. The number of benzene rings is 4. The number of anilines is 3. The molecule has 2 saturated heterocycles. The molecule has 370 valence electrons. The number of unbranched alkanes of at least 4 members (excludes halogenated alkanes) is 1. The molecule has 2 fully saturated rings. The SMILES string of the molecule is O=C(CCCC[C@@H]1SC[C@@H]2NC(=O)N[C@@H]21)NCCOCCOCCOCCNC(=O)c1ccc(NNc2cc(CCNC(=O)CCC(=O)N3Cc4ccccc4C#Cc4ccccc43)ccc2O)cc1. The van der Waals surface area contributed by atoms with Gasteiger partial charge in [0.2, 0.25) is 17.7 Å². The van der Waals surface area contributed by atoms with Crippen LogP contribution in [0.25, 0.3) is 0 Å². The number of rotatable bonds is 27. The lowest BCUT2D eigenvalue weighted by Crippen LogP contribution is -2.36. The maximum atomic E-state index is 13.5. The van der Waals surface area contributed by atoms with E-state index >= 15 is 0 Å². The Bertz CT molecular complexity index is 2480. The number of fused-ring (bicyclic) bond motifs is 3. The van der Waals surface area contributed by atoms with Gasteiger partial charge < -0.3 is 56.2 Å². The third-order valence-electron chi connectivity index (χ3n) is 12.0. The van der Waals surface area contributed by atoms with E-state index in [1.165, 1.54) is 0 Å². The summed E-state index contributed by atoms with van der Waals surface area (Å²) in [6.45, 7) is 3.76. The third kappa shape index (κ3) is 15.6. The fraction of sp³-hybridized carbons (Fsp3) is 0.404. The van der Waals surface area contributed by atoms with Crippen LogP contribution >= 0.6 is 11.8 Å². The summed E-state index contributed by atoms with van der Waals surface area (Å²) in [6.07, 6.45) is 3.81. The Morgan fingerprint density at radius 3 is 2.20 bits per heavy atom. The number of para-hydroxylation sites is 1. The molecule has 70 heavy (non-hydrogen) atoms. The van der Waals surface area contributed by atoms with Crippen molar-refractivity contribution in [3.05, 3.63) is 119 Å². The summed E-state index contributed by atoms with van der Waals surface area (Å²) in [6, 6.07) is 27.6. The van der Waals surface area contributed by atoms with E-state index in [0.717, 1.165) is 53.0 Å². The molecule has 6 amide bonds. The molecule has 0 spiro atoms. The summed E-state index contributed by atoms with van der Waals surface area (Å²) in [5, 5.41) is 25.5. The Kier molecular flexibility index (Phi) is 19.6. The second kappa shape index (κ2) is 26.8. The van der Waals surface area contributed by atoms with Gasteiger partial charge in [-0.15, -0.1) is 0 Å². The predicted molar refractivity (Wildman–Crippen MR) is 270 cm³/mol. The smallest absolute Gasteiger partial charge is 0.315 e. The molecule has 18 heteroatoms. The number of carbonyl (C=O) groups is 5. The summed E-state index contributed by atoms with van der Waals surface area (Å²) in [5.41, 5.74) is 11.8. The van der Waals surface area contributed by atoms with Gasteiger partial charge >= 0.3 is 6.03 Å². The first-order valence-corrected chi connectivity index (χ1v) is 24.9. The zero-order chi connectivity index (χ0) is 48.9. The first kappa shape index (κ1) is 51.1. The summed E-state index contributed by atoms with van der Waals surface area (Å²) < 4.78 is 16.6. The number of hydrogen-bond donors (Lipinski definition) is 8. The second-order valence-corrected chi connectivity index (χ2v) is 18.3. The fourth-order valence-electron chi connectivity index (χ4n) is 8.19. The largest absolute Gasteiger partial charge is 0.506 e. The number of hydrazine groups is 1. The standard InChI is InChI=1S/C52H62N8O9S/c61-45-20-13-36(23-24-53-48(63)21-22-49(64)60-34-40-9-2-1-7-37(40)14-15-38-8-3-4-10-44(38)60)33-42(45)59-58-41-18-16-39(17-19-41)51(65)55-26-28-68-30-32-69-31-29-67-27-25-54-47(62)12-6-5-11-46-50-43(35-70-46)56-52(66)57-50/h1-4,7-10,13,16-20,33,43,46,50,58-59,61H,5-6,11-12,21-32,34-35H2,(H,53,63)(H,54,62)(H,55,65)(H2,56,57,66)/t43-,46-,50-/m0/s1. The molecule has 0 unspecified atom stereocenters. The van der Waals surface area contributed by atoms with Crippen LogP contribution in [0.3, 0.4) is 0 Å². The summed E-state index contributed by atoms with van der Waals surface area (Å²) in [7, 11) is 0. The zero-order valence-corrected chi connectivity index (χ0v) is 40.0. The lowest BCUT2D eigenvalue weighted by Gasteiger charge is -2.26. The van der Waals surface area contributed by atoms with Crippen LogP contribution in [0, 0.1) is 11.8 Å². The van der Waals surface area contributed by atoms with E-state index in [9.17, 15) is 29.1 Å². The number of thioether (sulfide) groups is 1. The van der Waals surface area contributed by atoms with Crippen LogP contribution in [0.4, 0.5) is 21.9 Å². The van der Waals surface area contributed by atoms with Crippen molar-refractivity contribution in [2.24, 2.45) is 0 Å². The number of ether oxygens (including phenoxy) is 3. The van der Waals surface area contributed by atoms with Crippen molar-refractivity contribution in [3.63, 3.8) is 0 Å². The van der Waals surface area contributed by atoms with Gasteiger partial charge in [-0.3, -0.25) is 24.6 Å². The molecule has 0 bridgehead atoms. The second-order valence-electron chi connectivity index (χ2n) is 17.0. The normalized spacial score (nSPS) is 16.4. The molecule has 4 aromatic rings. The molecule has 3 heterocycles. The van der Waals surface area contributed by atoms with Gasteiger partial charge in [0, 0.05) is 66.6 Å². The van der Waals surface area contributed by atoms with E-state index < -0.39 is 0 Å². The first-order valence-electron chi connectivity index (χ1n) is 23.9. The van der Waals surface area contributed by atoms with Gasteiger partial charge in [-0.2, -0.15) is 11.8 Å². The number of aromatic hydroxyl groups is 1. The van der Waals surface area contributed by atoms with Crippen LogP contribution in [0.1, 0.15) is 71.1 Å². The Balaban J connectivity index is 0.688. The molecular formula is C52H62N8O9S. The number of nitrogens with zero attached hydrogens (tertiary/aromatic N) is 1. The van der Waals surface area contributed by atoms with Crippen LogP contribution in [0.15, 0.2) is 91.0 Å². The predicted octanol–water partition coefficient (Wildman–Crippen LogP) is 4.84. The van der Waals surface area contributed by atoms with Gasteiger partial charge in [0.1, 0.15) is 5.75 Å². The molecule has 0 aromatic heterocycles. The maximum absolute atomic E-state index is 13.5. The molecule has 3 aliphatic rings. The van der Waals surface area contributed by atoms with Crippen molar-refractivity contribution in [2.75, 3.05) is 80.8 Å². The Morgan fingerprint density at radius 2 is 1.40 bits per heavy atom. The molecule has 17 nitrogen and oxygen atoms in total. The topological polar surface area (TPSA) is 221 Å². The van der Waals surface area contributed by atoms with Gasteiger partial charge in [-0.05, 0) is 85.0 Å². The highest BCUT2D eigenvalue weighted by Crippen LogP contribution is 2.33. The highest BCUT2D eigenvalue weighted by molar-refractivity contribution is 8.00. The first-order chi connectivity index (χ1) is 34.2. The number of carbonyl (C=O) groups excluding carboxylic acids is 5. The molecule has 3 atom stereocenters. The molecule has 0 aliphatic carbocycles. The van der Waals surface area contributed by atoms with E-state index in [4.69, 9.17) is 14.2 Å². The quantitative estimate of drug-likeness (QED) is 0.0132. The highest BCUT2D eigenvalue weighted by atomic mass is 32.2. The Labute approximate surface area is 412 Å². The van der Waals surface area contributed by atoms with Crippen LogP contribution in [-0.2, 0) is 41.6 Å². The van der Waals surface area contributed by atoms with Crippen molar-refractivity contribution in [2.45, 2.75) is 68.8 Å². The monoisotopic (exact) mass is 974 g/mol. The van der Waals surface area contributed by atoms with Crippen molar-refractivity contribution < 1.29 is 43.3 Å². The lowest BCUT2D eigenvalue weighted by atomic mass is 10.0. The lowest BCUT2D eigenvalue weighted by molar-refractivity contribution is -0.125. The van der Waals surface area contributed by atoms with E-state index in [0.29, 0.717) is 101 Å². The van der Waals surface area contributed by atoms with Gasteiger partial charge in [0.05, 0.1) is 75.3 Å². The number of hydrogen-bond acceptors (Lipinski definition) is 12. The van der Waals surface area contributed by atoms with Crippen molar-refractivity contribution in [3.8, 4) is 17.6 Å². The van der Waals surface area contributed by atoms with E-state index in [-0.39, 0.29) is 60.3 Å². The van der Waals surface area contributed by atoms with Crippen LogP contribution < -0.4 is 42.3 Å². The van der Waals surface area contributed by atoms with E-state index in [1.807, 2.05) is 60.3 Å². The number of phenols is 1. The van der Waals surface area contributed by atoms with Gasteiger partial charge in [-0.1, -0.05) is 54.7 Å². The van der Waals surface area contributed by atoms with Gasteiger partial charge in [0.25, 0.3) is 5.91 Å². The molecule has 0 radical (unpaired) electrons. The Morgan fingerprint density at radius 1 is 0.714 bits per heavy atom. The number of amides is 6. The molecule has 8 N–H and O–H groups in total. The molecule has 0 saturated carbocycles. The average Bonchev–Trinajstić information content (AvgIpc) is 3.93. The minimum atomic E-state index is -0.243. The Hall–Kier alpha value is -6.78. The summed E-state index contributed by atoms with van der Waals surface area (Å²) >= 11 is 1.89. The molecule has 7 rings (SSSR count). The van der Waals surface area contributed by atoms with Crippen LogP contribution in [0.5, 0.6) is 5.75 Å². The molecule has 4 aromatic carbocycles. The number of nitrogens with one attached hydrogen (secondary N) is 7. The summed E-state index contributed by atoms with van der Waals surface area (Å²) in [5.74, 6) is 6.76. The van der Waals surface area contributed by atoms with E-state index in [1.54, 1.807) is 47.4 Å². The van der Waals surface area contributed by atoms with Crippen LogP contribution in [0.2, 0.25) is 0 Å².